The fraction of sp³-hybridized carbons (Fsp3) is 0.0909. The molecule has 0 saturated carbocycles. The lowest BCUT2D eigenvalue weighted by Crippen LogP contribution is -2.02. The number of hydrogen-bond acceptors (Lipinski definition) is 5. The number of rotatable bonds is 4. The molecule has 140 valence electrons. The van der Waals surface area contributed by atoms with Crippen molar-refractivity contribution in [3.63, 3.8) is 0 Å². The van der Waals surface area contributed by atoms with Gasteiger partial charge in [-0.25, -0.2) is 11.6 Å². The number of benzene rings is 2. The first kappa shape index (κ1) is 18.0. The van der Waals surface area contributed by atoms with Crippen molar-refractivity contribution in [3.05, 3.63) is 78.0 Å². The maximum absolute atomic E-state index is 8.99. The predicted octanol–water partition coefficient (Wildman–Crippen LogP) is 4.67. The van der Waals surface area contributed by atoms with E-state index in [0.29, 0.717) is 17.2 Å². The molecule has 0 bridgehead atoms. The van der Waals surface area contributed by atoms with Gasteiger partial charge in [0.25, 0.3) is 0 Å². The average Bonchev–Trinajstić information content (AvgIpc) is 3.17. The fourth-order valence-corrected chi connectivity index (χ4v) is 3.24. The van der Waals surface area contributed by atoms with E-state index < -0.39 is 6.17 Å². The number of nitriles is 1. The Labute approximate surface area is 167 Å². The molecule has 4 rings (SSSR count). The summed E-state index contributed by atoms with van der Waals surface area (Å²) < 4.78 is 1.31. The van der Waals surface area contributed by atoms with Crippen LogP contribution in [0.1, 0.15) is 11.7 Å². The van der Waals surface area contributed by atoms with E-state index in [4.69, 9.17) is 17.6 Å². The molecule has 0 saturated heterocycles. The predicted molar refractivity (Wildman–Crippen MR) is 113 cm³/mol. The van der Waals surface area contributed by atoms with Crippen LogP contribution < -0.4 is 11.1 Å². The van der Waals surface area contributed by atoms with Gasteiger partial charge in [-0.3, -0.25) is 4.85 Å². The van der Waals surface area contributed by atoms with Gasteiger partial charge < -0.3 is 11.1 Å². The zero-order chi connectivity index (χ0) is 20.4. The molecule has 0 aliphatic rings. The third-order valence-electron chi connectivity index (χ3n) is 4.69. The third kappa shape index (κ3) is 3.45. The number of aryl methyl sites for hydroxylation is 1. The van der Waals surface area contributed by atoms with Gasteiger partial charge in [0.1, 0.15) is 5.82 Å². The van der Waals surface area contributed by atoms with Crippen LogP contribution in [-0.2, 0) is 0 Å². The number of anilines is 3. The highest BCUT2D eigenvalue weighted by Gasteiger charge is 2.14. The highest BCUT2D eigenvalue weighted by Crippen LogP contribution is 2.32. The average molecular weight is 379 g/mol. The zero-order valence-electron chi connectivity index (χ0n) is 15.7. The molecular formula is C22H17N7. The van der Waals surface area contributed by atoms with E-state index in [1.54, 1.807) is 18.6 Å². The molecule has 0 fully saturated rings. The second kappa shape index (κ2) is 7.34. The van der Waals surface area contributed by atoms with Gasteiger partial charge in [-0.2, -0.15) is 15.0 Å². The third-order valence-corrected chi connectivity index (χ3v) is 4.69. The Morgan fingerprint density at radius 2 is 2.07 bits per heavy atom. The normalized spacial score (nSPS) is 11.6. The molecule has 2 aromatic heterocycles. The van der Waals surface area contributed by atoms with Crippen LogP contribution in [0, 0.1) is 24.8 Å². The van der Waals surface area contributed by atoms with Crippen LogP contribution in [0.2, 0.25) is 0 Å². The van der Waals surface area contributed by atoms with Crippen molar-refractivity contribution in [2.45, 2.75) is 13.1 Å². The molecule has 29 heavy (non-hydrogen) atoms. The Bertz CT molecular complexity index is 1280. The Hall–Kier alpha value is -4.36. The van der Waals surface area contributed by atoms with Crippen LogP contribution in [0.4, 0.5) is 17.2 Å². The number of fused-ring (bicyclic) bond motifs is 1. The first-order valence-electron chi connectivity index (χ1n) is 8.91. The van der Waals surface area contributed by atoms with Crippen molar-refractivity contribution in [3.8, 4) is 17.2 Å². The molecule has 0 aliphatic carbocycles. The Morgan fingerprint density at radius 1 is 1.24 bits per heavy atom. The highest BCUT2D eigenvalue weighted by molar-refractivity contribution is 5.97. The van der Waals surface area contributed by atoms with Gasteiger partial charge in [0.2, 0.25) is 0 Å². The molecule has 0 aliphatic heterocycles. The summed E-state index contributed by atoms with van der Waals surface area (Å²) in [4.78, 5) is 7.65. The summed E-state index contributed by atoms with van der Waals surface area (Å²) in [5, 5.41) is 18.1. The molecule has 0 unspecified atom stereocenters. The van der Waals surface area contributed by atoms with E-state index in [-0.39, 0.29) is 0 Å². The number of aromatic nitrogens is 3. The summed E-state index contributed by atoms with van der Waals surface area (Å²) in [6.45, 7) is 9.12. The summed E-state index contributed by atoms with van der Waals surface area (Å²) >= 11 is 0. The van der Waals surface area contributed by atoms with E-state index in [0.717, 1.165) is 21.9 Å². The Morgan fingerprint density at radius 3 is 2.83 bits per heavy atom. The highest BCUT2D eigenvalue weighted by atomic mass is 15.3. The number of nitrogen functional groups attached to an aromatic ring is 1. The molecule has 0 radical (unpaired) electrons. The van der Waals surface area contributed by atoms with E-state index in [1.165, 1.54) is 10.2 Å². The molecule has 1 atom stereocenters. The van der Waals surface area contributed by atoms with Crippen molar-refractivity contribution in [1.29, 1.82) is 5.26 Å². The molecular weight excluding hydrogens is 362 g/mol. The molecule has 7 heteroatoms. The van der Waals surface area contributed by atoms with Gasteiger partial charge >= 0.3 is 6.17 Å². The van der Waals surface area contributed by atoms with E-state index >= 15 is 0 Å². The standard InChI is InChI=1S/C22H17N7/c1-14-5-3-4-6-18(14)15-7-16-9-21(26-12-19(16)20(24)8-15)28-17-11-27-29(13-17)22(10-23)25-2/h3-9,11-13,22H,24H2,1H3,(H,26,28)/t22-/m1/s1. The van der Waals surface area contributed by atoms with Gasteiger partial charge in [-0.1, -0.05) is 24.3 Å². The topological polar surface area (TPSA) is 96.9 Å². The van der Waals surface area contributed by atoms with Crippen LogP contribution >= 0.6 is 0 Å². The van der Waals surface area contributed by atoms with Crippen LogP contribution in [0.3, 0.4) is 0 Å². The number of hydrogen-bond donors (Lipinski definition) is 2. The first-order valence-corrected chi connectivity index (χ1v) is 8.91. The SMILES string of the molecule is [C-]#[N+][C@@H](C#N)n1cc(Nc2cc3cc(-c4ccccc4C)cc(N)c3cn2)cn1. The van der Waals surface area contributed by atoms with Crippen LogP contribution in [-0.4, -0.2) is 14.8 Å². The summed E-state index contributed by atoms with van der Waals surface area (Å²) in [5.41, 5.74) is 11.0. The number of nitrogens with two attached hydrogens (primary N) is 1. The van der Waals surface area contributed by atoms with E-state index in [1.807, 2.05) is 30.3 Å². The summed E-state index contributed by atoms with van der Waals surface area (Å²) in [7, 11) is 0. The maximum atomic E-state index is 8.99. The Kier molecular flexibility index (Phi) is 4.56. The van der Waals surface area contributed by atoms with Crippen molar-refractivity contribution in [2.24, 2.45) is 0 Å². The van der Waals surface area contributed by atoms with Crippen LogP contribution in [0.15, 0.2) is 61.1 Å². The molecule has 4 aromatic rings. The lowest BCUT2D eigenvalue weighted by atomic mass is 9.97. The molecule has 2 aromatic carbocycles. The van der Waals surface area contributed by atoms with Gasteiger partial charge in [0, 0.05) is 17.3 Å². The monoisotopic (exact) mass is 379 g/mol. The van der Waals surface area contributed by atoms with Gasteiger partial charge in [-0.15, -0.1) is 0 Å². The smallest absolute Gasteiger partial charge is 0.398 e. The van der Waals surface area contributed by atoms with E-state index in [2.05, 4.69) is 45.4 Å². The minimum absolute atomic E-state index is 0.620. The molecule has 2 heterocycles. The van der Waals surface area contributed by atoms with Crippen LogP contribution in [0.25, 0.3) is 26.7 Å². The van der Waals surface area contributed by atoms with Crippen molar-refractivity contribution >= 4 is 28.0 Å². The minimum Gasteiger partial charge on any atom is -0.398 e. The number of pyridine rings is 1. The van der Waals surface area contributed by atoms with Crippen LogP contribution in [0.5, 0.6) is 0 Å². The first-order chi connectivity index (χ1) is 14.1. The van der Waals surface area contributed by atoms with Gasteiger partial charge in [0.15, 0.2) is 6.07 Å². The summed E-state index contributed by atoms with van der Waals surface area (Å²) in [5.74, 6) is 0.620. The molecule has 0 spiro atoms. The second-order valence-electron chi connectivity index (χ2n) is 6.64. The fourth-order valence-electron chi connectivity index (χ4n) is 3.24. The molecule has 3 N–H and O–H groups in total. The Balaban J connectivity index is 1.70. The minimum atomic E-state index is -0.980. The van der Waals surface area contributed by atoms with Gasteiger partial charge in [0.05, 0.1) is 18.1 Å². The quantitative estimate of drug-likeness (QED) is 0.396. The summed E-state index contributed by atoms with van der Waals surface area (Å²) in [6.07, 6.45) is 3.91. The molecule has 0 amide bonds. The van der Waals surface area contributed by atoms with Crippen molar-refractivity contribution in [1.82, 2.24) is 14.8 Å². The summed E-state index contributed by atoms with van der Waals surface area (Å²) in [6, 6.07) is 16.0. The second-order valence-corrected chi connectivity index (χ2v) is 6.64. The van der Waals surface area contributed by atoms with Crippen molar-refractivity contribution in [2.75, 3.05) is 11.1 Å². The lowest BCUT2D eigenvalue weighted by Gasteiger charge is -2.11. The van der Waals surface area contributed by atoms with E-state index in [9.17, 15) is 0 Å². The zero-order valence-corrected chi connectivity index (χ0v) is 15.7. The number of nitrogens with zero attached hydrogens (tertiary/aromatic N) is 5. The maximum Gasteiger partial charge on any atom is 0.403 e. The van der Waals surface area contributed by atoms with Gasteiger partial charge in [-0.05, 0) is 47.2 Å². The van der Waals surface area contributed by atoms with Crippen molar-refractivity contribution < 1.29 is 0 Å². The number of nitrogens with one attached hydrogen (secondary N) is 1. The molecule has 7 nitrogen and oxygen atoms in total. The lowest BCUT2D eigenvalue weighted by molar-refractivity contribution is 0.634. The largest absolute Gasteiger partial charge is 0.403 e.